The smallest absolute Gasteiger partial charge is 0.142 e. The van der Waals surface area contributed by atoms with Crippen molar-refractivity contribution in [3.05, 3.63) is 66.2 Å². The van der Waals surface area contributed by atoms with Crippen molar-refractivity contribution in [1.29, 1.82) is 0 Å². The van der Waals surface area contributed by atoms with Gasteiger partial charge in [0.1, 0.15) is 6.17 Å². The van der Waals surface area contributed by atoms with E-state index in [9.17, 15) is 0 Å². The summed E-state index contributed by atoms with van der Waals surface area (Å²) >= 11 is 0. The van der Waals surface area contributed by atoms with Crippen molar-refractivity contribution in [1.82, 2.24) is 14.7 Å². The molecule has 4 nitrogen and oxygen atoms in total. The summed E-state index contributed by atoms with van der Waals surface area (Å²) in [6, 6.07) is 2.11. The molecule has 0 fully saturated rings. The molecule has 0 bridgehead atoms. The number of likely N-dealkylation sites (N-methyl/N-ethyl adjacent to an activating group) is 1. The van der Waals surface area contributed by atoms with E-state index in [0.717, 1.165) is 36.2 Å². The molecule has 0 spiro atoms. The number of hydrogen-bond acceptors (Lipinski definition) is 3. The summed E-state index contributed by atoms with van der Waals surface area (Å²) in [7, 11) is 2.10. The second kappa shape index (κ2) is 10.5. The quantitative estimate of drug-likeness (QED) is 0.419. The maximum Gasteiger partial charge on any atom is 0.142 e. The monoisotopic (exact) mass is 364 g/mol. The Balaban J connectivity index is 2.33. The largest absolute Gasteiger partial charge is 0.353 e. The highest BCUT2D eigenvalue weighted by molar-refractivity contribution is 5.73. The lowest BCUT2D eigenvalue weighted by atomic mass is 10.1. The van der Waals surface area contributed by atoms with E-state index in [1.807, 2.05) is 6.21 Å². The standard InChI is InChI=1S/C23H32N4/c1-6-9-16-24-17-11-14-20(12-7-2)22-18-21(8-3)25-27(22)23-15-10-13-19(4)26(23)5/h8,10-16,18,23H,3,6-7,9,17H2,1-2,4-5H3/b14-11-,20-12+,24-16?. The number of aromatic nitrogens is 2. The van der Waals surface area contributed by atoms with Crippen molar-refractivity contribution >= 4 is 17.9 Å². The molecule has 0 radical (unpaired) electrons. The molecular weight excluding hydrogens is 332 g/mol. The molecule has 1 atom stereocenters. The molecule has 1 aliphatic rings. The summed E-state index contributed by atoms with van der Waals surface area (Å²) < 4.78 is 2.08. The first kappa shape index (κ1) is 20.7. The summed E-state index contributed by atoms with van der Waals surface area (Å²) in [5.41, 5.74) is 4.36. The molecule has 0 aliphatic carbocycles. The molecule has 1 aliphatic heterocycles. The SMILES string of the molecule is C=Cc1cc(C(/C=C\CN=CCCC)=C/CC)n(C2C=CC=C(C)N2C)n1. The minimum absolute atomic E-state index is 0.0509. The number of aliphatic imine (C=N–C) groups is 1. The van der Waals surface area contributed by atoms with E-state index in [0.29, 0.717) is 6.54 Å². The predicted octanol–water partition coefficient (Wildman–Crippen LogP) is 5.65. The van der Waals surface area contributed by atoms with Crippen LogP contribution in [-0.2, 0) is 0 Å². The van der Waals surface area contributed by atoms with Crippen molar-refractivity contribution in [3.63, 3.8) is 0 Å². The van der Waals surface area contributed by atoms with Crippen molar-refractivity contribution in [2.75, 3.05) is 13.6 Å². The van der Waals surface area contributed by atoms with Gasteiger partial charge in [0.25, 0.3) is 0 Å². The van der Waals surface area contributed by atoms with E-state index < -0.39 is 0 Å². The third kappa shape index (κ3) is 5.43. The van der Waals surface area contributed by atoms with Gasteiger partial charge in [0.15, 0.2) is 0 Å². The van der Waals surface area contributed by atoms with Crippen molar-refractivity contribution in [2.45, 2.75) is 46.2 Å². The van der Waals surface area contributed by atoms with Crippen molar-refractivity contribution < 1.29 is 0 Å². The molecule has 2 heterocycles. The first-order valence-corrected chi connectivity index (χ1v) is 9.77. The van der Waals surface area contributed by atoms with Crippen LogP contribution in [0.1, 0.15) is 57.6 Å². The Morgan fingerprint density at radius 2 is 2.19 bits per heavy atom. The molecular formula is C23H32N4. The molecule has 1 unspecified atom stereocenters. The van der Waals surface area contributed by atoms with Gasteiger partial charge in [0, 0.05) is 12.7 Å². The maximum absolute atomic E-state index is 4.78. The first-order chi connectivity index (χ1) is 13.1. The van der Waals surface area contributed by atoms with Crippen LogP contribution < -0.4 is 0 Å². The molecule has 27 heavy (non-hydrogen) atoms. The highest BCUT2D eigenvalue weighted by Crippen LogP contribution is 2.28. The van der Waals surface area contributed by atoms with Gasteiger partial charge < -0.3 is 4.90 Å². The molecule has 0 aromatic carbocycles. The zero-order valence-electron chi connectivity index (χ0n) is 17.1. The van der Waals surface area contributed by atoms with E-state index in [-0.39, 0.29) is 6.17 Å². The highest BCUT2D eigenvalue weighted by atomic mass is 15.4. The van der Waals surface area contributed by atoms with Gasteiger partial charge in [-0.15, -0.1) is 0 Å². The first-order valence-electron chi connectivity index (χ1n) is 9.77. The molecule has 4 heteroatoms. The molecule has 0 amide bonds. The normalized spacial score (nSPS) is 17.9. The van der Waals surface area contributed by atoms with Crippen LogP contribution in [0.2, 0.25) is 0 Å². The lowest BCUT2D eigenvalue weighted by Gasteiger charge is -2.32. The van der Waals surface area contributed by atoms with E-state index in [1.54, 1.807) is 6.08 Å². The molecule has 1 aromatic rings. The van der Waals surface area contributed by atoms with Gasteiger partial charge in [0.05, 0.1) is 17.9 Å². The second-order valence-electron chi connectivity index (χ2n) is 6.63. The minimum Gasteiger partial charge on any atom is -0.353 e. The average Bonchev–Trinajstić information content (AvgIpc) is 3.10. The fourth-order valence-corrected chi connectivity index (χ4v) is 2.94. The molecule has 144 valence electrons. The lowest BCUT2D eigenvalue weighted by molar-refractivity contribution is 0.255. The summed E-state index contributed by atoms with van der Waals surface area (Å²) in [5.74, 6) is 0. The van der Waals surface area contributed by atoms with Gasteiger partial charge in [-0.2, -0.15) is 5.10 Å². The number of unbranched alkanes of at least 4 members (excludes halogenated alkanes) is 1. The van der Waals surface area contributed by atoms with Crippen LogP contribution in [-0.4, -0.2) is 34.5 Å². The Bertz CT molecular complexity index is 774. The van der Waals surface area contributed by atoms with Crippen LogP contribution in [0.15, 0.2) is 59.8 Å². The third-order valence-corrected chi connectivity index (χ3v) is 4.56. The van der Waals surface area contributed by atoms with Crippen molar-refractivity contribution in [3.8, 4) is 0 Å². The van der Waals surface area contributed by atoms with Crippen molar-refractivity contribution in [2.24, 2.45) is 4.99 Å². The molecule has 2 rings (SSSR count). The average molecular weight is 365 g/mol. The Labute approximate surface area is 164 Å². The Kier molecular flexibility index (Phi) is 8.05. The summed E-state index contributed by atoms with van der Waals surface area (Å²) in [5, 5.41) is 4.78. The Morgan fingerprint density at radius 1 is 1.37 bits per heavy atom. The van der Waals surface area contributed by atoms with Gasteiger partial charge in [-0.25, -0.2) is 4.68 Å². The summed E-state index contributed by atoms with van der Waals surface area (Å²) in [4.78, 5) is 6.67. The minimum atomic E-state index is 0.0509. The summed E-state index contributed by atoms with van der Waals surface area (Å²) in [6.45, 7) is 11.0. The topological polar surface area (TPSA) is 33.4 Å². The summed E-state index contributed by atoms with van der Waals surface area (Å²) in [6.07, 6.45) is 19.9. The number of hydrogen-bond donors (Lipinski definition) is 0. The fraction of sp³-hybridized carbons (Fsp3) is 0.391. The van der Waals surface area contributed by atoms with Gasteiger partial charge in [0.2, 0.25) is 0 Å². The Hall–Kier alpha value is -2.62. The molecule has 0 N–H and O–H groups in total. The molecule has 0 saturated carbocycles. The van der Waals surface area contributed by atoms with Crippen LogP contribution >= 0.6 is 0 Å². The van der Waals surface area contributed by atoms with Crippen LogP contribution in [0.5, 0.6) is 0 Å². The van der Waals surface area contributed by atoms with E-state index in [2.05, 4.69) is 91.5 Å². The zero-order chi connectivity index (χ0) is 19.6. The van der Waals surface area contributed by atoms with Gasteiger partial charge in [-0.05, 0) is 55.8 Å². The highest BCUT2D eigenvalue weighted by Gasteiger charge is 2.21. The Morgan fingerprint density at radius 3 is 2.89 bits per heavy atom. The van der Waals surface area contributed by atoms with Crippen LogP contribution in [0.3, 0.4) is 0 Å². The lowest BCUT2D eigenvalue weighted by Crippen LogP contribution is -2.29. The number of rotatable bonds is 9. The van der Waals surface area contributed by atoms with Gasteiger partial charge in [-0.3, -0.25) is 4.99 Å². The third-order valence-electron chi connectivity index (χ3n) is 4.56. The number of nitrogens with zero attached hydrogens (tertiary/aromatic N) is 4. The van der Waals surface area contributed by atoms with E-state index >= 15 is 0 Å². The van der Waals surface area contributed by atoms with Gasteiger partial charge >= 0.3 is 0 Å². The van der Waals surface area contributed by atoms with Crippen LogP contribution in [0.25, 0.3) is 11.6 Å². The molecule has 0 saturated heterocycles. The zero-order valence-corrected chi connectivity index (χ0v) is 17.1. The van der Waals surface area contributed by atoms with Gasteiger partial charge in [-0.1, -0.05) is 51.2 Å². The van der Waals surface area contributed by atoms with E-state index in [1.165, 1.54) is 5.70 Å². The maximum atomic E-state index is 4.78. The second-order valence-corrected chi connectivity index (χ2v) is 6.63. The van der Waals surface area contributed by atoms with Crippen LogP contribution in [0.4, 0.5) is 0 Å². The predicted molar refractivity (Wildman–Crippen MR) is 118 cm³/mol. The number of allylic oxidation sites excluding steroid dienone is 6. The van der Waals surface area contributed by atoms with E-state index in [4.69, 9.17) is 5.10 Å². The van der Waals surface area contributed by atoms with Crippen LogP contribution in [0, 0.1) is 0 Å². The fourth-order valence-electron chi connectivity index (χ4n) is 2.94. The molecule has 1 aromatic heterocycles.